The number of aryl methyl sites for hydroxylation is 1. The average Bonchev–Trinajstić information content (AvgIpc) is 3.58. The van der Waals surface area contributed by atoms with Gasteiger partial charge in [-0.15, -0.1) is 0 Å². The summed E-state index contributed by atoms with van der Waals surface area (Å²) in [6, 6.07) is 6.70. The fraction of sp³-hybridized carbons (Fsp3) is 0.519. The summed E-state index contributed by atoms with van der Waals surface area (Å²) in [5, 5.41) is 0.783. The van der Waals surface area contributed by atoms with E-state index in [0.717, 1.165) is 29.4 Å². The molecule has 5 rings (SSSR count). The van der Waals surface area contributed by atoms with Crippen LogP contribution >= 0.6 is 0 Å². The molecule has 2 fully saturated rings. The van der Waals surface area contributed by atoms with Gasteiger partial charge < -0.3 is 14.5 Å². The van der Waals surface area contributed by atoms with Crippen molar-refractivity contribution in [3.8, 4) is 0 Å². The normalized spacial score (nSPS) is 20.9. The molecule has 3 heterocycles. The fourth-order valence-corrected chi connectivity index (χ4v) is 6.30. The first kappa shape index (κ1) is 25.5. The number of piperazine rings is 1. The van der Waals surface area contributed by atoms with E-state index in [1.54, 1.807) is 35.4 Å². The van der Waals surface area contributed by atoms with Crippen molar-refractivity contribution < 1.29 is 17.9 Å². The van der Waals surface area contributed by atoms with Crippen molar-refractivity contribution in [3.63, 3.8) is 0 Å². The van der Waals surface area contributed by atoms with Crippen molar-refractivity contribution >= 4 is 33.0 Å². The van der Waals surface area contributed by atoms with Gasteiger partial charge in [0.2, 0.25) is 0 Å². The zero-order valence-electron chi connectivity index (χ0n) is 22.3. The van der Waals surface area contributed by atoms with E-state index < -0.39 is 15.6 Å². The van der Waals surface area contributed by atoms with E-state index in [9.17, 15) is 13.2 Å². The molecule has 1 amide bonds. The van der Waals surface area contributed by atoms with Crippen LogP contribution in [0.5, 0.6) is 0 Å². The Hall–Kier alpha value is -3.14. The zero-order valence-corrected chi connectivity index (χ0v) is 23.1. The standard InChI is InChI=1S/C27H35N5O4S/c1-17-7-11-21(12-8-17)37(34,35)32-15-22(20-9-10-20)23-24(28-16-29-25(23)32)30-13-19(3)31(14-18(30)2)26(33)36-27(4,5)6/h7-8,11-12,15-16,18-20H,9-10,13-14H2,1-6H3/t18?,19-/m0/s1. The number of amides is 1. The van der Waals surface area contributed by atoms with Gasteiger partial charge in [-0.3, -0.25) is 0 Å². The van der Waals surface area contributed by atoms with Gasteiger partial charge in [0.1, 0.15) is 17.7 Å². The van der Waals surface area contributed by atoms with Crippen molar-refractivity contribution in [2.75, 3.05) is 18.0 Å². The molecule has 2 atom stereocenters. The molecular formula is C27H35N5O4S. The average molecular weight is 526 g/mol. The summed E-state index contributed by atoms with van der Waals surface area (Å²) in [5.74, 6) is 1.01. The molecule has 2 aromatic heterocycles. The lowest BCUT2D eigenvalue weighted by atomic mass is 10.1. The van der Waals surface area contributed by atoms with Gasteiger partial charge in [-0.05, 0) is 78.0 Å². The summed E-state index contributed by atoms with van der Waals surface area (Å²) in [5.41, 5.74) is 1.78. The molecule has 1 aromatic carbocycles. The van der Waals surface area contributed by atoms with Crippen LogP contribution in [0.4, 0.5) is 10.6 Å². The van der Waals surface area contributed by atoms with Crippen molar-refractivity contribution in [1.82, 2.24) is 18.8 Å². The molecule has 1 aliphatic heterocycles. The first-order valence-corrected chi connectivity index (χ1v) is 14.3. The van der Waals surface area contributed by atoms with E-state index in [4.69, 9.17) is 4.74 Å². The molecule has 1 unspecified atom stereocenters. The lowest BCUT2D eigenvalue weighted by Crippen LogP contribution is -2.59. The van der Waals surface area contributed by atoms with E-state index in [-0.39, 0.29) is 29.0 Å². The second-order valence-electron chi connectivity index (χ2n) is 11.4. The molecule has 198 valence electrons. The molecule has 3 aromatic rings. The highest BCUT2D eigenvalue weighted by molar-refractivity contribution is 7.90. The van der Waals surface area contributed by atoms with Crippen LogP contribution < -0.4 is 4.90 Å². The number of anilines is 1. The molecule has 10 heteroatoms. The summed E-state index contributed by atoms with van der Waals surface area (Å²) < 4.78 is 34.3. The van der Waals surface area contributed by atoms with Crippen LogP contribution in [0.15, 0.2) is 41.7 Å². The smallest absolute Gasteiger partial charge is 0.410 e. The minimum atomic E-state index is -3.84. The van der Waals surface area contributed by atoms with Crippen molar-refractivity contribution in [2.45, 2.75) is 82.9 Å². The highest BCUT2D eigenvalue weighted by Crippen LogP contribution is 2.46. The number of carbonyl (C=O) groups is 1. The van der Waals surface area contributed by atoms with Crippen molar-refractivity contribution in [1.29, 1.82) is 0 Å². The predicted octanol–water partition coefficient (Wildman–Crippen LogP) is 4.69. The number of ether oxygens (including phenoxy) is 1. The van der Waals surface area contributed by atoms with Gasteiger partial charge in [0.15, 0.2) is 5.65 Å². The Kier molecular flexibility index (Phi) is 6.21. The van der Waals surface area contributed by atoms with E-state index >= 15 is 0 Å². The molecule has 1 saturated carbocycles. The van der Waals surface area contributed by atoms with Gasteiger partial charge in [0.25, 0.3) is 10.0 Å². The predicted molar refractivity (Wildman–Crippen MR) is 142 cm³/mol. The Morgan fingerprint density at radius 1 is 1.03 bits per heavy atom. The lowest BCUT2D eigenvalue weighted by Gasteiger charge is -2.44. The van der Waals surface area contributed by atoms with Gasteiger partial charge in [0.05, 0.1) is 10.3 Å². The Bertz CT molecular complexity index is 1440. The van der Waals surface area contributed by atoms with Gasteiger partial charge in [-0.25, -0.2) is 27.2 Å². The Morgan fingerprint density at radius 2 is 1.70 bits per heavy atom. The third-order valence-corrected chi connectivity index (χ3v) is 8.71. The molecule has 0 N–H and O–H groups in total. The second-order valence-corrected chi connectivity index (χ2v) is 13.2. The summed E-state index contributed by atoms with van der Waals surface area (Å²) in [4.78, 5) is 26.1. The number of rotatable bonds is 4. The Balaban J connectivity index is 1.55. The maximum Gasteiger partial charge on any atom is 0.410 e. The molecular weight excluding hydrogens is 490 g/mol. The van der Waals surface area contributed by atoms with Crippen LogP contribution in [-0.2, 0) is 14.8 Å². The van der Waals surface area contributed by atoms with E-state index in [2.05, 4.69) is 14.9 Å². The molecule has 2 aliphatic rings. The minimum Gasteiger partial charge on any atom is -0.444 e. The van der Waals surface area contributed by atoms with Gasteiger partial charge >= 0.3 is 6.09 Å². The number of hydrogen-bond acceptors (Lipinski definition) is 7. The molecule has 1 aliphatic carbocycles. The SMILES string of the molecule is Cc1ccc(S(=O)(=O)n2cc(C3CC3)c3c(N4C[C@H](C)N(C(=O)OC(C)(C)C)CC4C)ncnc32)cc1. The van der Waals surface area contributed by atoms with Crippen LogP contribution in [0.1, 0.15) is 64.5 Å². The van der Waals surface area contributed by atoms with Crippen molar-refractivity contribution in [2.24, 2.45) is 0 Å². The number of fused-ring (bicyclic) bond motifs is 1. The fourth-order valence-electron chi connectivity index (χ4n) is 4.97. The number of carbonyl (C=O) groups excluding carboxylic acids is 1. The maximum absolute atomic E-state index is 13.7. The monoisotopic (exact) mass is 525 g/mol. The summed E-state index contributed by atoms with van der Waals surface area (Å²) in [6.07, 6.45) is 4.87. The highest BCUT2D eigenvalue weighted by atomic mass is 32.2. The molecule has 9 nitrogen and oxygen atoms in total. The minimum absolute atomic E-state index is 0.0501. The number of benzene rings is 1. The molecule has 0 radical (unpaired) electrons. The number of aromatic nitrogens is 3. The van der Waals surface area contributed by atoms with Gasteiger partial charge in [0, 0.05) is 31.4 Å². The lowest BCUT2D eigenvalue weighted by molar-refractivity contribution is 0.0130. The van der Waals surface area contributed by atoms with E-state index in [1.165, 1.54) is 10.3 Å². The van der Waals surface area contributed by atoms with Crippen LogP contribution in [0.2, 0.25) is 0 Å². The third-order valence-electron chi connectivity index (χ3n) is 7.04. The van der Waals surface area contributed by atoms with Crippen LogP contribution in [0, 0.1) is 6.92 Å². The second kappa shape index (κ2) is 9.01. The van der Waals surface area contributed by atoms with E-state index in [0.29, 0.717) is 24.6 Å². The van der Waals surface area contributed by atoms with Crippen LogP contribution in [0.25, 0.3) is 11.0 Å². The molecule has 0 bridgehead atoms. The summed E-state index contributed by atoms with van der Waals surface area (Å²) >= 11 is 0. The van der Waals surface area contributed by atoms with Crippen LogP contribution in [0.3, 0.4) is 0 Å². The molecule has 1 saturated heterocycles. The zero-order chi connectivity index (χ0) is 26.7. The first-order valence-electron chi connectivity index (χ1n) is 12.8. The Morgan fingerprint density at radius 3 is 2.32 bits per heavy atom. The highest BCUT2D eigenvalue weighted by Gasteiger charge is 2.38. The summed E-state index contributed by atoms with van der Waals surface area (Å²) in [6.45, 7) is 12.6. The third kappa shape index (κ3) is 4.79. The largest absolute Gasteiger partial charge is 0.444 e. The molecule has 0 spiro atoms. The number of hydrogen-bond donors (Lipinski definition) is 0. The molecule has 37 heavy (non-hydrogen) atoms. The van der Waals surface area contributed by atoms with Gasteiger partial charge in [-0.2, -0.15) is 0 Å². The Labute approximate surface area is 218 Å². The maximum atomic E-state index is 13.7. The summed E-state index contributed by atoms with van der Waals surface area (Å²) in [7, 11) is -3.84. The number of nitrogens with zero attached hydrogens (tertiary/aromatic N) is 5. The quantitative estimate of drug-likeness (QED) is 0.487. The van der Waals surface area contributed by atoms with Gasteiger partial charge in [-0.1, -0.05) is 17.7 Å². The van der Waals surface area contributed by atoms with Crippen molar-refractivity contribution in [3.05, 3.63) is 47.9 Å². The topological polar surface area (TPSA) is 97.6 Å². The first-order chi connectivity index (χ1) is 17.4. The van der Waals surface area contributed by atoms with Crippen LogP contribution in [-0.4, -0.2) is 64.1 Å². The van der Waals surface area contributed by atoms with E-state index in [1.807, 2.05) is 41.5 Å².